The Kier molecular flexibility index (Phi) is 4.94. The van der Waals surface area contributed by atoms with Gasteiger partial charge in [-0.25, -0.2) is 13.1 Å². The van der Waals surface area contributed by atoms with Gasteiger partial charge in [0.25, 0.3) is 0 Å². The predicted octanol–water partition coefficient (Wildman–Crippen LogP) is 1.08. The molecule has 0 fully saturated rings. The minimum Gasteiger partial charge on any atom is -0.386 e. The van der Waals surface area contributed by atoms with Crippen LogP contribution in [0.25, 0.3) is 0 Å². The fourth-order valence-electron chi connectivity index (χ4n) is 1.13. The van der Waals surface area contributed by atoms with Crippen molar-refractivity contribution >= 4 is 33.0 Å². The normalized spacial score (nSPS) is 15.8. The Morgan fingerprint density at radius 1 is 1.59 bits per heavy atom. The Morgan fingerprint density at radius 2 is 2.24 bits per heavy atom. The molecule has 0 amide bonds. The van der Waals surface area contributed by atoms with E-state index in [0.29, 0.717) is 4.34 Å². The third-order valence-electron chi connectivity index (χ3n) is 1.91. The first-order valence-electron chi connectivity index (χ1n) is 4.73. The fraction of sp³-hybridized carbons (Fsp3) is 0.556. The fourth-order valence-corrected chi connectivity index (χ4v) is 3.82. The highest BCUT2D eigenvalue weighted by Crippen LogP contribution is 2.25. The van der Waals surface area contributed by atoms with E-state index in [2.05, 4.69) is 4.72 Å². The Balaban J connectivity index is 2.69. The average Bonchev–Trinajstić information content (AvgIpc) is 2.63. The van der Waals surface area contributed by atoms with E-state index in [1.54, 1.807) is 0 Å². The molecule has 0 spiro atoms. The van der Waals surface area contributed by atoms with E-state index in [0.717, 1.165) is 11.3 Å². The van der Waals surface area contributed by atoms with Crippen LogP contribution in [0.1, 0.15) is 6.92 Å². The van der Waals surface area contributed by atoms with Crippen molar-refractivity contribution in [1.29, 1.82) is 0 Å². The first-order chi connectivity index (χ1) is 7.77. The summed E-state index contributed by atoms with van der Waals surface area (Å²) in [7, 11) is -2.19. The van der Waals surface area contributed by atoms with Gasteiger partial charge in [0.05, 0.1) is 16.5 Å². The zero-order valence-electron chi connectivity index (χ0n) is 9.44. The van der Waals surface area contributed by atoms with Crippen LogP contribution in [0.3, 0.4) is 0 Å². The van der Waals surface area contributed by atoms with Gasteiger partial charge in [0, 0.05) is 13.7 Å². The van der Waals surface area contributed by atoms with E-state index in [9.17, 15) is 13.5 Å². The molecule has 0 saturated heterocycles. The maximum atomic E-state index is 11.8. The number of ether oxygens (including phenoxy) is 1. The highest BCUT2D eigenvalue weighted by atomic mass is 35.5. The van der Waals surface area contributed by atoms with Crippen molar-refractivity contribution in [2.45, 2.75) is 16.7 Å². The zero-order chi connectivity index (χ0) is 13.1. The van der Waals surface area contributed by atoms with Gasteiger partial charge in [0.2, 0.25) is 10.0 Å². The third-order valence-corrected chi connectivity index (χ3v) is 5.04. The molecule has 1 unspecified atom stereocenters. The maximum Gasteiger partial charge on any atom is 0.250 e. The van der Waals surface area contributed by atoms with E-state index < -0.39 is 15.6 Å². The molecule has 1 aromatic heterocycles. The number of thiophene rings is 1. The van der Waals surface area contributed by atoms with E-state index in [1.807, 2.05) is 0 Å². The third kappa shape index (κ3) is 4.53. The molecule has 0 aliphatic heterocycles. The molecule has 1 rings (SSSR count). The molecule has 1 aromatic rings. The topological polar surface area (TPSA) is 75.6 Å². The second-order valence-electron chi connectivity index (χ2n) is 3.81. The summed E-state index contributed by atoms with van der Waals surface area (Å²) in [5.74, 6) is 0. The molecule has 0 aliphatic rings. The van der Waals surface area contributed by atoms with Crippen LogP contribution in [-0.4, -0.2) is 39.4 Å². The van der Waals surface area contributed by atoms with Crippen LogP contribution in [0, 0.1) is 0 Å². The molecule has 0 aromatic carbocycles. The number of rotatable bonds is 6. The molecule has 98 valence electrons. The minimum atomic E-state index is -3.62. The lowest BCUT2D eigenvalue weighted by Crippen LogP contribution is -2.43. The summed E-state index contributed by atoms with van der Waals surface area (Å²) in [4.78, 5) is 0. The van der Waals surface area contributed by atoms with Crippen LogP contribution in [-0.2, 0) is 14.8 Å². The molecule has 1 heterocycles. The van der Waals surface area contributed by atoms with Gasteiger partial charge in [-0.2, -0.15) is 0 Å². The Bertz CT molecular complexity index is 469. The standard InChI is InChI=1S/C9H14ClNO4S2/c1-9(12,6-15-2)5-11-17(13,14)8-4-3-7(10)16-8/h3-4,11-12H,5-6H2,1-2H3. The number of hydrogen-bond acceptors (Lipinski definition) is 5. The molecule has 17 heavy (non-hydrogen) atoms. The molecule has 0 radical (unpaired) electrons. The van der Waals surface area contributed by atoms with Gasteiger partial charge in [-0.1, -0.05) is 11.6 Å². The molecular formula is C9H14ClNO4S2. The molecule has 0 saturated carbocycles. The van der Waals surface area contributed by atoms with Gasteiger partial charge in [-0.3, -0.25) is 0 Å². The van der Waals surface area contributed by atoms with E-state index >= 15 is 0 Å². The smallest absolute Gasteiger partial charge is 0.250 e. The van der Waals surface area contributed by atoms with Gasteiger partial charge in [-0.15, -0.1) is 11.3 Å². The van der Waals surface area contributed by atoms with Crippen LogP contribution < -0.4 is 4.72 Å². The lowest BCUT2D eigenvalue weighted by atomic mass is 10.1. The van der Waals surface area contributed by atoms with Crippen LogP contribution in [0.2, 0.25) is 4.34 Å². The summed E-state index contributed by atoms with van der Waals surface area (Å²) in [6.07, 6.45) is 0. The van der Waals surface area contributed by atoms with Crippen LogP contribution in [0.4, 0.5) is 0 Å². The number of aliphatic hydroxyl groups is 1. The van der Waals surface area contributed by atoms with Gasteiger partial charge < -0.3 is 9.84 Å². The Morgan fingerprint density at radius 3 is 2.71 bits per heavy atom. The Labute approximate surface area is 109 Å². The van der Waals surface area contributed by atoms with Gasteiger partial charge in [0.15, 0.2) is 0 Å². The van der Waals surface area contributed by atoms with Crippen molar-refractivity contribution in [2.75, 3.05) is 20.3 Å². The van der Waals surface area contributed by atoms with Crippen molar-refractivity contribution in [2.24, 2.45) is 0 Å². The number of sulfonamides is 1. The molecular weight excluding hydrogens is 286 g/mol. The van der Waals surface area contributed by atoms with Crippen molar-refractivity contribution < 1.29 is 18.3 Å². The summed E-state index contributed by atoms with van der Waals surface area (Å²) >= 11 is 6.62. The minimum absolute atomic E-state index is 0.0424. The van der Waals surface area contributed by atoms with Crippen molar-refractivity contribution in [3.05, 3.63) is 16.5 Å². The molecule has 0 aliphatic carbocycles. The lowest BCUT2D eigenvalue weighted by Gasteiger charge is -2.22. The lowest BCUT2D eigenvalue weighted by molar-refractivity contribution is -0.0119. The average molecular weight is 300 g/mol. The van der Waals surface area contributed by atoms with Crippen LogP contribution in [0.5, 0.6) is 0 Å². The largest absolute Gasteiger partial charge is 0.386 e. The number of methoxy groups -OCH3 is 1. The van der Waals surface area contributed by atoms with Crippen molar-refractivity contribution in [1.82, 2.24) is 4.72 Å². The van der Waals surface area contributed by atoms with E-state index in [1.165, 1.54) is 26.2 Å². The predicted molar refractivity (Wildman–Crippen MR) is 67.0 cm³/mol. The second kappa shape index (κ2) is 5.64. The monoisotopic (exact) mass is 299 g/mol. The molecule has 5 nitrogen and oxygen atoms in total. The number of hydrogen-bond donors (Lipinski definition) is 2. The molecule has 1 atom stereocenters. The Hall–Kier alpha value is -0.180. The van der Waals surface area contributed by atoms with Crippen molar-refractivity contribution in [3.63, 3.8) is 0 Å². The number of halogens is 1. The summed E-state index contributed by atoms with van der Waals surface area (Å²) in [6.45, 7) is 1.40. The van der Waals surface area contributed by atoms with E-state index in [-0.39, 0.29) is 17.4 Å². The second-order valence-corrected chi connectivity index (χ2v) is 7.52. The van der Waals surface area contributed by atoms with Gasteiger partial charge >= 0.3 is 0 Å². The SMILES string of the molecule is COCC(C)(O)CNS(=O)(=O)c1ccc(Cl)s1. The highest BCUT2D eigenvalue weighted by Gasteiger charge is 2.24. The first-order valence-corrected chi connectivity index (χ1v) is 7.41. The maximum absolute atomic E-state index is 11.8. The summed E-state index contributed by atoms with van der Waals surface area (Å²) in [5.41, 5.74) is -1.25. The van der Waals surface area contributed by atoms with Gasteiger partial charge in [-0.05, 0) is 19.1 Å². The van der Waals surface area contributed by atoms with Crippen LogP contribution >= 0.6 is 22.9 Å². The van der Waals surface area contributed by atoms with Crippen molar-refractivity contribution in [3.8, 4) is 0 Å². The molecule has 8 heteroatoms. The van der Waals surface area contributed by atoms with Gasteiger partial charge in [0.1, 0.15) is 4.21 Å². The zero-order valence-corrected chi connectivity index (χ0v) is 11.8. The number of nitrogens with one attached hydrogen (secondary N) is 1. The molecule has 2 N–H and O–H groups in total. The highest BCUT2D eigenvalue weighted by molar-refractivity contribution is 7.91. The molecule has 0 bridgehead atoms. The summed E-state index contributed by atoms with van der Waals surface area (Å²) < 4.78 is 31.2. The summed E-state index contributed by atoms with van der Waals surface area (Å²) in [5, 5.41) is 9.76. The summed E-state index contributed by atoms with van der Waals surface area (Å²) in [6, 6.07) is 2.93. The first kappa shape index (κ1) is 14.9. The van der Waals surface area contributed by atoms with Crippen LogP contribution in [0.15, 0.2) is 16.3 Å². The van der Waals surface area contributed by atoms with E-state index in [4.69, 9.17) is 16.3 Å². The quantitative estimate of drug-likeness (QED) is 0.824.